The maximum atomic E-state index is 13.1. The van der Waals surface area contributed by atoms with Gasteiger partial charge in [0.05, 0.1) is 38.9 Å². The van der Waals surface area contributed by atoms with Crippen molar-refractivity contribution in [1.82, 2.24) is 19.8 Å². The van der Waals surface area contributed by atoms with Crippen molar-refractivity contribution in [3.63, 3.8) is 0 Å². The minimum Gasteiger partial charge on any atom is -0.493 e. The molecule has 36 heavy (non-hydrogen) atoms. The van der Waals surface area contributed by atoms with Crippen LogP contribution in [0.1, 0.15) is 26.7 Å². The smallest absolute Gasteiger partial charge is 0.227 e. The molecule has 2 aliphatic heterocycles. The van der Waals surface area contributed by atoms with E-state index in [1.165, 1.54) is 0 Å². The Kier molecular flexibility index (Phi) is 9.03. The standard InChI is InChI=1S/C26H40N6O4/c1-5-31(6-2)25(33)19-8-7-10-32(18-19)26-28-21-17-23(35-4)22(34-3)16-20(21)24(29-26)27-9-11-30-12-14-36-15-13-30/h16-17,19H,5-15,18H2,1-4H3,(H,27,28,29). The van der Waals surface area contributed by atoms with Crippen LogP contribution in [0, 0.1) is 5.92 Å². The molecule has 0 radical (unpaired) electrons. The zero-order chi connectivity index (χ0) is 25.5. The SMILES string of the molecule is CCN(CC)C(=O)C1CCCN(c2nc(NCCN3CCOCC3)c3cc(OC)c(OC)cc3n2)C1. The molecule has 2 aliphatic rings. The molecule has 1 unspecified atom stereocenters. The van der Waals surface area contributed by atoms with Crippen molar-refractivity contribution in [2.24, 2.45) is 5.92 Å². The van der Waals surface area contributed by atoms with E-state index in [1.54, 1.807) is 14.2 Å². The van der Waals surface area contributed by atoms with Crippen molar-refractivity contribution in [1.29, 1.82) is 0 Å². The Morgan fingerprint density at radius 1 is 1.11 bits per heavy atom. The quantitative estimate of drug-likeness (QED) is 0.528. The molecule has 1 aromatic heterocycles. The Morgan fingerprint density at radius 3 is 2.53 bits per heavy atom. The van der Waals surface area contributed by atoms with Crippen molar-refractivity contribution >= 4 is 28.6 Å². The summed E-state index contributed by atoms with van der Waals surface area (Å²) >= 11 is 0. The van der Waals surface area contributed by atoms with Crippen LogP contribution in [0.5, 0.6) is 11.5 Å². The fraction of sp³-hybridized carbons (Fsp3) is 0.654. The predicted molar refractivity (Wildman–Crippen MR) is 141 cm³/mol. The summed E-state index contributed by atoms with van der Waals surface area (Å²) in [6.07, 6.45) is 1.83. The molecule has 1 aromatic carbocycles. The molecule has 4 rings (SSSR count). The van der Waals surface area contributed by atoms with Gasteiger partial charge >= 0.3 is 0 Å². The number of anilines is 2. The molecule has 0 aliphatic carbocycles. The maximum Gasteiger partial charge on any atom is 0.227 e. The summed E-state index contributed by atoms with van der Waals surface area (Å²) in [7, 11) is 3.26. The lowest BCUT2D eigenvalue weighted by Gasteiger charge is -2.34. The summed E-state index contributed by atoms with van der Waals surface area (Å²) < 4.78 is 16.6. The van der Waals surface area contributed by atoms with Crippen molar-refractivity contribution in [3.8, 4) is 11.5 Å². The number of hydrogen-bond acceptors (Lipinski definition) is 9. The average molecular weight is 501 g/mol. The lowest BCUT2D eigenvalue weighted by atomic mass is 9.96. The molecule has 2 saturated heterocycles. The van der Waals surface area contributed by atoms with Crippen molar-refractivity contribution in [2.75, 3.05) is 90.0 Å². The third kappa shape index (κ3) is 5.92. The second-order valence-corrected chi connectivity index (χ2v) is 9.27. The van der Waals surface area contributed by atoms with Crippen LogP contribution in [0.25, 0.3) is 10.9 Å². The van der Waals surface area contributed by atoms with E-state index in [0.29, 0.717) is 24.0 Å². The van der Waals surface area contributed by atoms with E-state index < -0.39 is 0 Å². The van der Waals surface area contributed by atoms with Gasteiger partial charge in [0.15, 0.2) is 11.5 Å². The number of methoxy groups -OCH3 is 2. The Balaban J connectivity index is 1.61. The topological polar surface area (TPSA) is 92.3 Å². The minimum absolute atomic E-state index is 0.0407. The Bertz CT molecular complexity index is 1030. The molecule has 1 N–H and O–H groups in total. The Morgan fingerprint density at radius 2 is 1.83 bits per heavy atom. The van der Waals surface area contributed by atoms with Crippen molar-refractivity contribution in [3.05, 3.63) is 12.1 Å². The first kappa shape index (κ1) is 26.2. The summed E-state index contributed by atoms with van der Waals surface area (Å²) in [4.78, 5) is 29.4. The first-order chi connectivity index (χ1) is 17.6. The number of hydrogen-bond donors (Lipinski definition) is 1. The highest BCUT2D eigenvalue weighted by Crippen LogP contribution is 2.35. The van der Waals surface area contributed by atoms with Gasteiger partial charge in [-0.2, -0.15) is 4.98 Å². The number of carbonyl (C=O) groups is 1. The molecule has 2 aromatic rings. The third-order valence-electron chi connectivity index (χ3n) is 7.14. The third-order valence-corrected chi connectivity index (χ3v) is 7.14. The van der Waals surface area contributed by atoms with Gasteiger partial charge in [-0.1, -0.05) is 0 Å². The summed E-state index contributed by atoms with van der Waals surface area (Å²) in [5.74, 6) is 2.85. The Labute approximate surface area is 213 Å². The van der Waals surface area contributed by atoms with Gasteiger partial charge in [0, 0.05) is 63.8 Å². The highest BCUT2D eigenvalue weighted by molar-refractivity contribution is 5.93. The molecule has 10 heteroatoms. The van der Waals surface area contributed by atoms with Gasteiger partial charge in [0.1, 0.15) is 5.82 Å². The van der Waals surface area contributed by atoms with E-state index in [0.717, 1.165) is 88.6 Å². The molecule has 3 heterocycles. The van der Waals surface area contributed by atoms with Crippen molar-refractivity contribution < 1.29 is 19.0 Å². The molecule has 0 spiro atoms. The van der Waals surface area contributed by atoms with E-state index in [9.17, 15) is 4.79 Å². The van der Waals surface area contributed by atoms with Gasteiger partial charge in [-0.3, -0.25) is 9.69 Å². The van der Waals surface area contributed by atoms with Crippen LogP contribution < -0.4 is 19.7 Å². The zero-order valence-electron chi connectivity index (χ0n) is 22.1. The van der Waals surface area contributed by atoms with Gasteiger partial charge in [-0.05, 0) is 32.8 Å². The Hall–Kier alpha value is -2.85. The first-order valence-electron chi connectivity index (χ1n) is 13.1. The summed E-state index contributed by atoms with van der Waals surface area (Å²) in [6.45, 7) is 12.1. The van der Waals surface area contributed by atoms with Crippen molar-refractivity contribution in [2.45, 2.75) is 26.7 Å². The number of nitrogens with zero attached hydrogens (tertiary/aromatic N) is 5. The fourth-order valence-corrected chi connectivity index (χ4v) is 5.03. The van der Waals surface area contributed by atoms with E-state index in [1.807, 2.05) is 30.9 Å². The van der Waals surface area contributed by atoms with Crippen LogP contribution in [0.15, 0.2) is 12.1 Å². The number of carbonyl (C=O) groups excluding carboxylic acids is 1. The van der Waals surface area contributed by atoms with Crippen LogP contribution in [0.2, 0.25) is 0 Å². The molecule has 10 nitrogen and oxygen atoms in total. The summed E-state index contributed by atoms with van der Waals surface area (Å²) in [6, 6.07) is 3.83. The number of nitrogens with one attached hydrogen (secondary N) is 1. The normalized spacial score (nSPS) is 18.8. The van der Waals surface area contributed by atoms with E-state index in [4.69, 9.17) is 24.2 Å². The molecule has 0 saturated carbocycles. The molecule has 0 bridgehead atoms. The lowest BCUT2D eigenvalue weighted by Crippen LogP contribution is -2.45. The number of morpholine rings is 1. The van der Waals surface area contributed by atoms with E-state index >= 15 is 0 Å². The molecular formula is C26H40N6O4. The predicted octanol–water partition coefficient (Wildman–Crippen LogP) is 2.48. The highest BCUT2D eigenvalue weighted by atomic mass is 16.5. The summed E-state index contributed by atoms with van der Waals surface area (Å²) in [5, 5.41) is 4.42. The van der Waals surface area contributed by atoms with Crippen LogP contribution in [-0.4, -0.2) is 105 Å². The van der Waals surface area contributed by atoms with Crippen LogP contribution in [-0.2, 0) is 9.53 Å². The number of rotatable bonds is 10. The highest BCUT2D eigenvalue weighted by Gasteiger charge is 2.30. The lowest BCUT2D eigenvalue weighted by molar-refractivity contribution is -0.135. The second kappa shape index (κ2) is 12.4. The van der Waals surface area contributed by atoms with Gasteiger partial charge in [0.25, 0.3) is 0 Å². The number of benzene rings is 1. The number of piperidine rings is 1. The number of amides is 1. The monoisotopic (exact) mass is 500 g/mol. The number of ether oxygens (including phenoxy) is 3. The van der Waals surface area contributed by atoms with Gasteiger partial charge in [-0.25, -0.2) is 4.98 Å². The maximum absolute atomic E-state index is 13.1. The number of aromatic nitrogens is 2. The van der Waals surface area contributed by atoms with Crippen LogP contribution in [0.4, 0.5) is 11.8 Å². The van der Waals surface area contributed by atoms with Gasteiger partial charge < -0.3 is 29.3 Å². The van der Waals surface area contributed by atoms with Gasteiger partial charge in [-0.15, -0.1) is 0 Å². The van der Waals surface area contributed by atoms with E-state index in [2.05, 4.69) is 15.1 Å². The van der Waals surface area contributed by atoms with Crippen LogP contribution >= 0.6 is 0 Å². The van der Waals surface area contributed by atoms with Crippen LogP contribution in [0.3, 0.4) is 0 Å². The summed E-state index contributed by atoms with van der Waals surface area (Å²) in [5.41, 5.74) is 0.781. The molecule has 1 amide bonds. The first-order valence-corrected chi connectivity index (χ1v) is 13.1. The van der Waals surface area contributed by atoms with E-state index in [-0.39, 0.29) is 11.8 Å². The molecule has 1 atom stereocenters. The molecular weight excluding hydrogens is 460 g/mol. The average Bonchev–Trinajstić information content (AvgIpc) is 2.93. The van der Waals surface area contributed by atoms with Gasteiger partial charge in [0.2, 0.25) is 11.9 Å². The second-order valence-electron chi connectivity index (χ2n) is 9.27. The zero-order valence-corrected chi connectivity index (χ0v) is 22.1. The largest absolute Gasteiger partial charge is 0.493 e. The minimum atomic E-state index is -0.0407. The fourth-order valence-electron chi connectivity index (χ4n) is 5.03. The molecule has 198 valence electrons. The number of fused-ring (bicyclic) bond motifs is 1. The molecule has 2 fully saturated rings.